The second-order valence-electron chi connectivity index (χ2n) is 4.24. The van der Waals surface area contributed by atoms with E-state index in [4.69, 9.17) is 5.26 Å². The third kappa shape index (κ3) is 3.09. The van der Waals surface area contributed by atoms with E-state index in [1.165, 1.54) is 24.5 Å². The van der Waals surface area contributed by atoms with Gasteiger partial charge in [0.1, 0.15) is 0 Å². The Balaban J connectivity index is 2.22. The lowest BCUT2D eigenvalue weighted by Crippen LogP contribution is -2.12. The fourth-order valence-corrected chi connectivity index (χ4v) is 2.70. The summed E-state index contributed by atoms with van der Waals surface area (Å²) in [6.45, 7) is 1.74. The number of hydrogen-bond acceptors (Lipinski definition) is 5. The molecule has 5 nitrogen and oxygen atoms in total. The first-order chi connectivity index (χ1) is 10.1. The van der Waals surface area contributed by atoms with Crippen molar-refractivity contribution >= 4 is 28.2 Å². The van der Waals surface area contributed by atoms with Gasteiger partial charge >= 0.3 is 5.97 Å². The number of ether oxygens (including phenoxy) is 1. The molecule has 0 aliphatic heterocycles. The van der Waals surface area contributed by atoms with Crippen LogP contribution in [0.3, 0.4) is 0 Å². The van der Waals surface area contributed by atoms with Crippen molar-refractivity contribution in [3.8, 4) is 6.07 Å². The van der Waals surface area contributed by atoms with Crippen LogP contribution in [0.5, 0.6) is 0 Å². The van der Waals surface area contributed by atoms with Gasteiger partial charge in [0.15, 0.2) is 0 Å². The Labute approximate surface area is 125 Å². The highest BCUT2D eigenvalue weighted by atomic mass is 32.1. The highest BCUT2D eigenvalue weighted by Crippen LogP contribution is 2.28. The Morgan fingerprint density at radius 3 is 2.81 bits per heavy atom. The fraction of sp³-hybridized carbons (Fsp3) is 0.133. The molecule has 0 radical (unpaired) electrons. The molecule has 0 bridgehead atoms. The van der Waals surface area contributed by atoms with Gasteiger partial charge in [-0.1, -0.05) is 6.07 Å². The number of nitriles is 1. The smallest absolute Gasteiger partial charge is 0.339 e. The summed E-state index contributed by atoms with van der Waals surface area (Å²) in [6, 6.07) is 8.40. The Bertz CT molecular complexity index is 744. The molecule has 0 saturated carbocycles. The summed E-state index contributed by atoms with van der Waals surface area (Å²) in [6.07, 6.45) is 0. The van der Waals surface area contributed by atoms with Crippen LogP contribution < -0.4 is 5.32 Å². The molecule has 0 aliphatic rings. The summed E-state index contributed by atoms with van der Waals surface area (Å²) in [7, 11) is 1.31. The molecule has 2 aromatic rings. The van der Waals surface area contributed by atoms with Crippen LogP contribution in [0.1, 0.15) is 31.8 Å². The number of nitrogens with zero attached hydrogens (tertiary/aromatic N) is 1. The first-order valence-corrected chi connectivity index (χ1v) is 6.92. The molecule has 6 heteroatoms. The van der Waals surface area contributed by atoms with Crippen LogP contribution >= 0.6 is 11.3 Å². The molecule has 0 unspecified atom stereocenters. The van der Waals surface area contributed by atoms with Crippen molar-refractivity contribution in [1.29, 1.82) is 5.26 Å². The minimum absolute atomic E-state index is 0.325. The van der Waals surface area contributed by atoms with Crippen molar-refractivity contribution in [2.24, 2.45) is 0 Å². The maximum Gasteiger partial charge on any atom is 0.339 e. The van der Waals surface area contributed by atoms with Gasteiger partial charge in [0.05, 0.1) is 29.3 Å². The second kappa shape index (κ2) is 6.20. The Hall–Kier alpha value is -2.65. The zero-order valence-electron chi connectivity index (χ0n) is 11.5. The predicted molar refractivity (Wildman–Crippen MR) is 79.5 cm³/mol. The standard InChI is InChI=1S/C15H12N2O3S/c1-9-12(15(19)20-2)8-21-14(9)17-13(18)11-5-3-4-10(6-11)7-16/h3-6,8H,1-2H3,(H,17,18). The zero-order valence-corrected chi connectivity index (χ0v) is 12.3. The van der Waals surface area contributed by atoms with Gasteiger partial charge < -0.3 is 10.1 Å². The summed E-state index contributed by atoms with van der Waals surface area (Å²) in [5.74, 6) is -0.760. The molecule has 106 valence electrons. The van der Waals surface area contributed by atoms with E-state index in [1.807, 2.05) is 6.07 Å². The zero-order chi connectivity index (χ0) is 15.4. The number of amides is 1. The van der Waals surface area contributed by atoms with Crippen LogP contribution in [-0.2, 0) is 4.74 Å². The summed E-state index contributed by atoms with van der Waals surface area (Å²) < 4.78 is 4.67. The third-order valence-corrected chi connectivity index (χ3v) is 3.92. The molecule has 21 heavy (non-hydrogen) atoms. The van der Waals surface area contributed by atoms with Gasteiger partial charge in [-0.3, -0.25) is 4.79 Å². The van der Waals surface area contributed by atoms with E-state index in [9.17, 15) is 9.59 Å². The Morgan fingerprint density at radius 1 is 1.38 bits per heavy atom. The third-order valence-electron chi connectivity index (χ3n) is 2.93. The van der Waals surface area contributed by atoms with Gasteiger partial charge in [-0.25, -0.2) is 4.79 Å². The maximum atomic E-state index is 12.2. The molecule has 0 saturated heterocycles. The van der Waals surface area contributed by atoms with Crippen LogP contribution in [-0.4, -0.2) is 19.0 Å². The number of benzene rings is 1. The van der Waals surface area contributed by atoms with Gasteiger partial charge in [0, 0.05) is 10.9 Å². The Kier molecular flexibility index (Phi) is 4.36. The van der Waals surface area contributed by atoms with Gasteiger partial charge in [0.25, 0.3) is 5.91 Å². The molecule has 0 atom stereocenters. The summed E-state index contributed by atoms with van der Waals surface area (Å²) in [4.78, 5) is 23.7. The van der Waals surface area contributed by atoms with Crippen molar-refractivity contribution in [3.05, 3.63) is 51.9 Å². The number of hydrogen-bond donors (Lipinski definition) is 1. The molecule has 2 rings (SSSR count). The molecule has 1 heterocycles. The van der Waals surface area contributed by atoms with E-state index < -0.39 is 5.97 Å². The molecule has 1 aromatic carbocycles. The topological polar surface area (TPSA) is 79.2 Å². The highest BCUT2D eigenvalue weighted by molar-refractivity contribution is 7.14. The van der Waals surface area contributed by atoms with Crippen LogP contribution in [0.4, 0.5) is 5.00 Å². The number of nitrogens with one attached hydrogen (secondary N) is 1. The molecular weight excluding hydrogens is 288 g/mol. The van der Waals surface area contributed by atoms with E-state index in [0.717, 1.165) is 0 Å². The number of thiophene rings is 1. The average molecular weight is 300 g/mol. The van der Waals surface area contributed by atoms with E-state index >= 15 is 0 Å². The number of rotatable bonds is 3. The van der Waals surface area contributed by atoms with E-state index in [-0.39, 0.29) is 5.91 Å². The van der Waals surface area contributed by atoms with Crippen LogP contribution in [0, 0.1) is 18.3 Å². The van der Waals surface area contributed by atoms with Gasteiger partial charge in [-0.05, 0) is 30.7 Å². The van der Waals surface area contributed by atoms with E-state index in [0.29, 0.717) is 27.3 Å². The van der Waals surface area contributed by atoms with Gasteiger partial charge in [-0.15, -0.1) is 11.3 Å². The number of carbonyl (C=O) groups is 2. The Morgan fingerprint density at radius 2 is 2.14 bits per heavy atom. The van der Waals surface area contributed by atoms with Gasteiger partial charge in [-0.2, -0.15) is 5.26 Å². The first-order valence-electron chi connectivity index (χ1n) is 6.04. The molecule has 0 aliphatic carbocycles. The maximum absolute atomic E-state index is 12.2. The molecule has 1 N–H and O–H groups in total. The number of carbonyl (C=O) groups excluding carboxylic acids is 2. The van der Waals surface area contributed by atoms with Crippen LogP contribution in [0.2, 0.25) is 0 Å². The summed E-state index contributed by atoms with van der Waals surface area (Å²) in [5.41, 5.74) is 1.91. The normalized spacial score (nSPS) is 9.76. The lowest BCUT2D eigenvalue weighted by Gasteiger charge is -2.05. The minimum atomic E-state index is -0.435. The first kappa shape index (κ1) is 14.8. The summed E-state index contributed by atoms with van der Waals surface area (Å²) in [5, 5.41) is 13.8. The average Bonchev–Trinajstić information content (AvgIpc) is 2.87. The lowest BCUT2D eigenvalue weighted by atomic mass is 10.1. The monoisotopic (exact) mass is 300 g/mol. The number of esters is 1. The molecule has 1 amide bonds. The van der Waals surface area contributed by atoms with Crippen molar-refractivity contribution in [2.45, 2.75) is 6.92 Å². The van der Waals surface area contributed by atoms with Crippen molar-refractivity contribution in [2.75, 3.05) is 12.4 Å². The van der Waals surface area contributed by atoms with Crippen molar-refractivity contribution in [1.82, 2.24) is 0 Å². The number of methoxy groups -OCH3 is 1. The number of anilines is 1. The van der Waals surface area contributed by atoms with Crippen molar-refractivity contribution in [3.63, 3.8) is 0 Å². The second-order valence-corrected chi connectivity index (χ2v) is 5.12. The van der Waals surface area contributed by atoms with Crippen LogP contribution in [0.25, 0.3) is 0 Å². The largest absolute Gasteiger partial charge is 0.465 e. The van der Waals surface area contributed by atoms with Gasteiger partial charge in [0.2, 0.25) is 0 Å². The highest BCUT2D eigenvalue weighted by Gasteiger charge is 2.17. The van der Waals surface area contributed by atoms with E-state index in [2.05, 4.69) is 10.1 Å². The molecular formula is C15H12N2O3S. The van der Waals surface area contributed by atoms with Crippen LogP contribution in [0.15, 0.2) is 29.6 Å². The van der Waals surface area contributed by atoms with E-state index in [1.54, 1.807) is 30.5 Å². The SMILES string of the molecule is COC(=O)c1csc(NC(=O)c2cccc(C#N)c2)c1C. The quantitative estimate of drug-likeness (QED) is 0.884. The fourth-order valence-electron chi connectivity index (χ4n) is 1.76. The molecule has 0 spiro atoms. The summed E-state index contributed by atoms with van der Waals surface area (Å²) >= 11 is 1.26. The van der Waals surface area contributed by atoms with Crippen molar-refractivity contribution < 1.29 is 14.3 Å². The lowest BCUT2D eigenvalue weighted by molar-refractivity contribution is 0.0600. The predicted octanol–water partition coefficient (Wildman–Crippen LogP) is 2.97. The molecule has 1 aromatic heterocycles. The molecule has 0 fully saturated rings. The minimum Gasteiger partial charge on any atom is -0.465 e.